The first-order valence-electron chi connectivity index (χ1n) is 23.9. The van der Waals surface area contributed by atoms with Crippen LogP contribution in [0.1, 0.15) is 194 Å². The van der Waals surface area contributed by atoms with Crippen molar-refractivity contribution in [3.05, 3.63) is 109 Å². The van der Waals surface area contributed by atoms with Gasteiger partial charge in [-0.1, -0.05) is 182 Å². The van der Waals surface area contributed by atoms with Crippen molar-refractivity contribution in [2.24, 2.45) is 0 Å². The average Bonchev–Trinajstić information content (AvgIpc) is 3.24. The molecule has 0 aromatic carbocycles. The van der Waals surface area contributed by atoms with E-state index in [9.17, 15) is 14.4 Å². The highest BCUT2D eigenvalue weighted by atomic mass is 16.6. The zero-order chi connectivity index (χ0) is 43.7. The van der Waals surface area contributed by atoms with Gasteiger partial charge < -0.3 is 14.2 Å². The van der Waals surface area contributed by atoms with Gasteiger partial charge in [-0.05, 0) is 103 Å². The van der Waals surface area contributed by atoms with Gasteiger partial charge in [0.05, 0.1) is 0 Å². The summed E-state index contributed by atoms with van der Waals surface area (Å²) in [4.78, 5) is 37.6. The first kappa shape index (κ1) is 56.1. The molecule has 0 amide bonds. The summed E-state index contributed by atoms with van der Waals surface area (Å²) in [6.45, 7) is 6.27. The van der Waals surface area contributed by atoms with Crippen molar-refractivity contribution in [3.63, 3.8) is 0 Å². The van der Waals surface area contributed by atoms with E-state index < -0.39 is 6.10 Å². The molecule has 0 N–H and O–H groups in total. The van der Waals surface area contributed by atoms with E-state index >= 15 is 0 Å². The van der Waals surface area contributed by atoms with Crippen molar-refractivity contribution < 1.29 is 28.6 Å². The molecule has 6 heteroatoms. The molecule has 0 heterocycles. The van der Waals surface area contributed by atoms with Crippen LogP contribution in [0, 0.1) is 0 Å². The molecule has 1 atom stereocenters. The topological polar surface area (TPSA) is 78.9 Å². The minimum atomic E-state index is -0.805. The van der Waals surface area contributed by atoms with E-state index in [-0.39, 0.29) is 37.5 Å². The number of esters is 3. The van der Waals surface area contributed by atoms with Crippen molar-refractivity contribution >= 4 is 17.9 Å². The van der Waals surface area contributed by atoms with Gasteiger partial charge in [0, 0.05) is 19.3 Å². The van der Waals surface area contributed by atoms with Crippen LogP contribution in [0.3, 0.4) is 0 Å². The average molecular weight is 831 g/mol. The van der Waals surface area contributed by atoms with Gasteiger partial charge in [-0.2, -0.15) is 0 Å². The Morgan fingerprint density at radius 1 is 0.350 bits per heavy atom. The van der Waals surface area contributed by atoms with Crippen LogP contribution >= 0.6 is 0 Å². The minimum absolute atomic E-state index is 0.104. The number of hydrogen-bond acceptors (Lipinski definition) is 6. The molecule has 0 aliphatic heterocycles. The van der Waals surface area contributed by atoms with Crippen LogP contribution in [0.25, 0.3) is 0 Å². The van der Waals surface area contributed by atoms with Crippen molar-refractivity contribution in [1.29, 1.82) is 0 Å². The number of carbonyl (C=O) groups is 3. The molecule has 0 spiro atoms. The van der Waals surface area contributed by atoms with E-state index in [2.05, 4.69) is 130 Å². The summed E-state index contributed by atoms with van der Waals surface area (Å²) in [6.07, 6.45) is 63.8. The molecule has 0 bridgehead atoms. The normalized spacial score (nSPS) is 13.1. The fraction of sp³-hybridized carbons (Fsp3) is 0.611. The highest BCUT2D eigenvalue weighted by molar-refractivity contribution is 5.71. The highest BCUT2D eigenvalue weighted by Crippen LogP contribution is 2.12. The minimum Gasteiger partial charge on any atom is -0.462 e. The molecular formula is C54H86O6. The predicted octanol–water partition coefficient (Wildman–Crippen LogP) is 15.6. The summed E-state index contributed by atoms with van der Waals surface area (Å²) in [5.74, 6) is -0.985. The molecule has 0 aliphatic carbocycles. The van der Waals surface area contributed by atoms with Gasteiger partial charge in [0.15, 0.2) is 6.10 Å². The predicted molar refractivity (Wildman–Crippen MR) is 256 cm³/mol. The first-order valence-corrected chi connectivity index (χ1v) is 23.9. The molecule has 0 aliphatic rings. The summed E-state index contributed by atoms with van der Waals surface area (Å²) >= 11 is 0. The summed E-state index contributed by atoms with van der Waals surface area (Å²) in [5, 5.41) is 0. The molecule has 6 nitrogen and oxygen atoms in total. The lowest BCUT2D eigenvalue weighted by Gasteiger charge is -2.18. The first-order chi connectivity index (χ1) is 29.5. The third-order valence-corrected chi connectivity index (χ3v) is 9.52. The molecule has 0 fully saturated rings. The Balaban J connectivity index is 4.35. The Labute approximate surface area is 368 Å². The maximum absolute atomic E-state index is 12.7. The third-order valence-electron chi connectivity index (χ3n) is 9.52. The maximum Gasteiger partial charge on any atom is 0.306 e. The molecule has 0 rings (SSSR count). The molecule has 0 aromatic heterocycles. The monoisotopic (exact) mass is 831 g/mol. The van der Waals surface area contributed by atoms with Crippen molar-refractivity contribution in [1.82, 2.24) is 0 Å². The second-order valence-electron chi connectivity index (χ2n) is 15.3. The third kappa shape index (κ3) is 45.2. The van der Waals surface area contributed by atoms with E-state index in [0.717, 1.165) is 128 Å². The van der Waals surface area contributed by atoms with Crippen molar-refractivity contribution in [2.45, 2.75) is 200 Å². The molecular weight excluding hydrogens is 745 g/mol. The van der Waals surface area contributed by atoms with Crippen LogP contribution in [0.2, 0.25) is 0 Å². The molecule has 1 unspecified atom stereocenters. The van der Waals surface area contributed by atoms with Crippen LogP contribution in [-0.4, -0.2) is 37.2 Å². The van der Waals surface area contributed by atoms with Crippen LogP contribution < -0.4 is 0 Å². The Kier molecular flexibility index (Phi) is 44.6. The Bertz CT molecular complexity index is 1280. The Morgan fingerprint density at radius 2 is 0.650 bits per heavy atom. The van der Waals surface area contributed by atoms with Crippen LogP contribution in [0.15, 0.2) is 109 Å². The number of ether oxygens (including phenoxy) is 3. The van der Waals surface area contributed by atoms with E-state index in [1.807, 2.05) is 0 Å². The Morgan fingerprint density at radius 3 is 1.05 bits per heavy atom. The smallest absolute Gasteiger partial charge is 0.306 e. The molecule has 0 saturated carbocycles. The fourth-order valence-electron chi connectivity index (χ4n) is 5.99. The largest absolute Gasteiger partial charge is 0.462 e. The van der Waals surface area contributed by atoms with E-state index in [0.29, 0.717) is 19.3 Å². The van der Waals surface area contributed by atoms with Crippen molar-refractivity contribution in [2.75, 3.05) is 13.2 Å². The van der Waals surface area contributed by atoms with Gasteiger partial charge in [0.2, 0.25) is 0 Å². The van der Waals surface area contributed by atoms with Crippen LogP contribution in [0.5, 0.6) is 0 Å². The van der Waals surface area contributed by atoms with E-state index in [1.54, 1.807) is 0 Å². The standard InChI is InChI=1S/C54H86O6/c1-4-7-10-13-16-18-20-22-24-25-26-27-28-29-31-32-34-36-38-41-44-47-53(56)59-50-51(49-58-52(55)46-43-40-15-12-9-6-3)60-54(57)48-45-42-39-37-35-33-30-23-21-19-17-14-11-8-5-2/h7-8,10-11,16-19,22-24,26-27,29-31,35,37,51H,4-6,9,12-15,20-21,25,28,32-34,36,38-50H2,1-3H3/b10-7-,11-8-,18-16-,19-17-,24-22-,27-26-,30-23-,31-29-,37-35-. The van der Waals surface area contributed by atoms with Gasteiger partial charge in [-0.25, -0.2) is 0 Å². The lowest BCUT2D eigenvalue weighted by atomic mass is 10.1. The summed E-state index contributed by atoms with van der Waals surface area (Å²) in [7, 11) is 0. The van der Waals surface area contributed by atoms with Crippen LogP contribution in [-0.2, 0) is 28.6 Å². The lowest BCUT2D eigenvalue weighted by molar-refractivity contribution is -0.167. The lowest BCUT2D eigenvalue weighted by Crippen LogP contribution is -2.30. The highest BCUT2D eigenvalue weighted by Gasteiger charge is 2.19. The zero-order valence-electron chi connectivity index (χ0n) is 38.4. The summed E-state index contributed by atoms with van der Waals surface area (Å²) in [5.41, 5.74) is 0. The van der Waals surface area contributed by atoms with Crippen molar-refractivity contribution in [3.8, 4) is 0 Å². The van der Waals surface area contributed by atoms with Crippen LogP contribution in [0.4, 0.5) is 0 Å². The van der Waals surface area contributed by atoms with Gasteiger partial charge >= 0.3 is 17.9 Å². The Hall–Kier alpha value is -3.93. The second kappa shape index (κ2) is 47.7. The molecule has 60 heavy (non-hydrogen) atoms. The zero-order valence-corrected chi connectivity index (χ0v) is 38.4. The quantitative estimate of drug-likeness (QED) is 0.0264. The molecule has 0 saturated heterocycles. The van der Waals surface area contributed by atoms with E-state index in [4.69, 9.17) is 14.2 Å². The number of hydrogen-bond donors (Lipinski definition) is 0. The van der Waals surface area contributed by atoms with Gasteiger partial charge in [0.1, 0.15) is 13.2 Å². The second-order valence-corrected chi connectivity index (χ2v) is 15.3. The number of rotatable bonds is 41. The fourth-order valence-corrected chi connectivity index (χ4v) is 5.99. The summed E-state index contributed by atoms with van der Waals surface area (Å²) in [6, 6.07) is 0. The summed E-state index contributed by atoms with van der Waals surface area (Å²) < 4.78 is 16.6. The number of unbranched alkanes of at least 4 members (excludes halogenated alkanes) is 12. The maximum atomic E-state index is 12.7. The van der Waals surface area contributed by atoms with Gasteiger partial charge in [-0.3, -0.25) is 14.4 Å². The number of carbonyl (C=O) groups excluding carboxylic acids is 3. The van der Waals surface area contributed by atoms with Gasteiger partial charge in [-0.15, -0.1) is 0 Å². The number of allylic oxidation sites excluding steroid dienone is 18. The molecule has 338 valence electrons. The van der Waals surface area contributed by atoms with E-state index in [1.165, 1.54) is 19.3 Å². The van der Waals surface area contributed by atoms with Gasteiger partial charge in [0.25, 0.3) is 0 Å². The molecule has 0 aromatic rings. The SMILES string of the molecule is CC/C=C\C/C=C\C/C=C\C/C=C\C/C=C\CCCCCCCC(=O)OCC(COC(=O)CCCCCCCC)OC(=O)CCCC/C=C\C/C=C\C/C=C\C/C=C\CC. The molecule has 0 radical (unpaired) electrons.